The van der Waals surface area contributed by atoms with Gasteiger partial charge in [-0.3, -0.25) is 4.79 Å². The average molecular weight is 258 g/mol. The number of carbonyl (C=O) groups is 1. The second-order valence-corrected chi connectivity index (χ2v) is 3.77. The van der Waals surface area contributed by atoms with E-state index in [-0.39, 0.29) is 5.56 Å². The lowest BCUT2D eigenvalue weighted by Crippen LogP contribution is -2.13. The fourth-order valence-electron chi connectivity index (χ4n) is 1.54. The van der Waals surface area contributed by atoms with E-state index in [0.29, 0.717) is 17.3 Å². The van der Waals surface area contributed by atoms with Crippen molar-refractivity contribution in [3.63, 3.8) is 0 Å². The number of benzene rings is 2. The molecule has 0 spiro atoms. The molecule has 94 valence electrons. The van der Waals surface area contributed by atoms with E-state index in [1.165, 1.54) is 6.07 Å². The van der Waals surface area contributed by atoms with Gasteiger partial charge in [0.2, 0.25) is 0 Å². The Labute approximate surface area is 108 Å². The van der Waals surface area contributed by atoms with Gasteiger partial charge < -0.3 is 5.32 Å². The molecule has 0 bridgehead atoms. The molecule has 19 heavy (non-hydrogen) atoms. The maximum Gasteiger partial charge on any atom is 0.258 e. The predicted octanol–water partition coefficient (Wildman–Crippen LogP) is 3.09. The van der Waals surface area contributed by atoms with Crippen LogP contribution in [-0.2, 0) is 0 Å². The molecule has 0 saturated heterocycles. The quantitative estimate of drug-likeness (QED) is 0.899. The Morgan fingerprint density at radius 3 is 2.63 bits per heavy atom. The zero-order chi connectivity index (χ0) is 13.8. The van der Waals surface area contributed by atoms with E-state index in [2.05, 4.69) is 5.32 Å². The fraction of sp³-hybridized carbons (Fsp3) is 0. The molecular weight excluding hydrogens is 250 g/mol. The number of rotatable bonds is 2. The van der Waals surface area contributed by atoms with Crippen LogP contribution in [-0.4, -0.2) is 5.91 Å². The molecule has 0 aliphatic heterocycles. The summed E-state index contributed by atoms with van der Waals surface area (Å²) >= 11 is 0. The van der Waals surface area contributed by atoms with Crippen molar-refractivity contribution in [3.05, 3.63) is 65.2 Å². The Hall–Kier alpha value is -2.74. The molecule has 2 aromatic carbocycles. The Morgan fingerprint density at radius 1 is 1.16 bits per heavy atom. The molecule has 1 amide bonds. The maximum atomic E-state index is 13.4. The van der Waals surface area contributed by atoms with E-state index in [4.69, 9.17) is 5.26 Å². The summed E-state index contributed by atoms with van der Waals surface area (Å²) in [5, 5.41) is 11.2. The molecule has 0 aromatic heterocycles. The Bertz CT molecular complexity index is 677. The van der Waals surface area contributed by atoms with Crippen molar-refractivity contribution >= 4 is 11.6 Å². The molecule has 5 heteroatoms. The van der Waals surface area contributed by atoms with Crippen molar-refractivity contribution in [1.29, 1.82) is 5.26 Å². The summed E-state index contributed by atoms with van der Waals surface area (Å²) in [6.07, 6.45) is 0. The number of halogens is 2. The zero-order valence-corrected chi connectivity index (χ0v) is 9.65. The summed E-state index contributed by atoms with van der Waals surface area (Å²) in [6, 6.07) is 10.8. The van der Waals surface area contributed by atoms with Gasteiger partial charge in [-0.15, -0.1) is 0 Å². The highest BCUT2D eigenvalue weighted by molar-refractivity contribution is 6.04. The highest BCUT2D eigenvalue weighted by atomic mass is 19.1. The van der Waals surface area contributed by atoms with Crippen molar-refractivity contribution in [2.75, 3.05) is 5.32 Å². The van der Waals surface area contributed by atoms with Crippen molar-refractivity contribution in [1.82, 2.24) is 0 Å². The first-order valence-electron chi connectivity index (χ1n) is 5.37. The van der Waals surface area contributed by atoms with Crippen LogP contribution >= 0.6 is 0 Å². The number of nitrogens with one attached hydrogen (secondary N) is 1. The summed E-state index contributed by atoms with van der Waals surface area (Å²) in [7, 11) is 0. The Balaban J connectivity index is 2.23. The normalized spacial score (nSPS) is 9.74. The number of anilines is 1. The van der Waals surface area contributed by atoms with E-state index in [0.717, 1.165) is 12.1 Å². The zero-order valence-electron chi connectivity index (χ0n) is 9.65. The highest BCUT2D eigenvalue weighted by Gasteiger charge is 2.12. The van der Waals surface area contributed by atoms with Crippen LogP contribution in [0.4, 0.5) is 14.5 Å². The van der Waals surface area contributed by atoms with Crippen LogP contribution in [0.1, 0.15) is 15.9 Å². The number of amides is 1. The van der Waals surface area contributed by atoms with Crippen LogP contribution < -0.4 is 5.32 Å². The topological polar surface area (TPSA) is 52.9 Å². The molecule has 2 rings (SSSR count). The van der Waals surface area contributed by atoms with Crippen molar-refractivity contribution in [2.24, 2.45) is 0 Å². The van der Waals surface area contributed by atoms with Crippen molar-refractivity contribution in [2.45, 2.75) is 0 Å². The van der Waals surface area contributed by atoms with Gasteiger partial charge >= 0.3 is 0 Å². The van der Waals surface area contributed by atoms with E-state index in [9.17, 15) is 13.6 Å². The van der Waals surface area contributed by atoms with Gasteiger partial charge in [-0.2, -0.15) is 5.26 Å². The lowest BCUT2D eigenvalue weighted by molar-refractivity contribution is 0.102. The summed E-state index contributed by atoms with van der Waals surface area (Å²) in [6.45, 7) is 0. The minimum Gasteiger partial charge on any atom is -0.322 e. The molecule has 0 saturated carbocycles. The third kappa shape index (κ3) is 2.93. The van der Waals surface area contributed by atoms with Gasteiger partial charge in [-0.1, -0.05) is 6.07 Å². The molecule has 0 aliphatic carbocycles. The molecule has 1 N–H and O–H groups in total. The van der Waals surface area contributed by atoms with E-state index < -0.39 is 17.5 Å². The smallest absolute Gasteiger partial charge is 0.258 e. The molecule has 0 heterocycles. The second-order valence-electron chi connectivity index (χ2n) is 3.77. The van der Waals surface area contributed by atoms with Gasteiger partial charge in [0.25, 0.3) is 5.91 Å². The van der Waals surface area contributed by atoms with Crippen LogP contribution in [0.5, 0.6) is 0 Å². The number of hydrogen-bond donors (Lipinski definition) is 1. The van der Waals surface area contributed by atoms with Crippen LogP contribution in [0.25, 0.3) is 0 Å². The molecule has 0 radical (unpaired) electrons. The van der Waals surface area contributed by atoms with Gasteiger partial charge in [-0.25, -0.2) is 8.78 Å². The third-order valence-corrected chi connectivity index (χ3v) is 2.43. The summed E-state index contributed by atoms with van der Waals surface area (Å²) in [4.78, 5) is 11.8. The maximum absolute atomic E-state index is 13.4. The lowest BCUT2D eigenvalue weighted by Gasteiger charge is -2.06. The van der Waals surface area contributed by atoms with Gasteiger partial charge in [0.15, 0.2) is 0 Å². The largest absolute Gasteiger partial charge is 0.322 e. The van der Waals surface area contributed by atoms with E-state index in [1.807, 2.05) is 6.07 Å². The molecule has 0 unspecified atom stereocenters. The molecule has 0 atom stereocenters. The van der Waals surface area contributed by atoms with Gasteiger partial charge in [0.1, 0.15) is 11.6 Å². The number of hydrogen-bond acceptors (Lipinski definition) is 2. The van der Waals surface area contributed by atoms with E-state index >= 15 is 0 Å². The molecule has 2 aromatic rings. The molecule has 0 fully saturated rings. The summed E-state index contributed by atoms with van der Waals surface area (Å²) in [5.41, 5.74) is 0.480. The Kier molecular flexibility index (Phi) is 3.53. The highest BCUT2D eigenvalue weighted by Crippen LogP contribution is 2.14. The monoisotopic (exact) mass is 258 g/mol. The van der Waals surface area contributed by atoms with Gasteiger partial charge in [0.05, 0.1) is 17.2 Å². The first-order chi connectivity index (χ1) is 9.10. The molecule has 0 aliphatic rings. The third-order valence-electron chi connectivity index (χ3n) is 2.43. The fourth-order valence-corrected chi connectivity index (χ4v) is 1.54. The minimum atomic E-state index is -0.936. The van der Waals surface area contributed by atoms with Crippen LogP contribution in [0.3, 0.4) is 0 Å². The van der Waals surface area contributed by atoms with Crippen LogP contribution in [0.15, 0.2) is 42.5 Å². The van der Waals surface area contributed by atoms with Gasteiger partial charge in [-0.05, 0) is 30.3 Å². The Morgan fingerprint density at radius 2 is 1.95 bits per heavy atom. The van der Waals surface area contributed by atoms with Crippen LogP contribution in [0.2, 0.25) is 0 Å². The van der Waals surface area contributed by atoms with Gasteiger partial charge in [0, 0.05) is 11.8 Å². The van der Waals surface area contributed by atoms with Crippen LogP contribution in [0, 0.1) is 23.0 Å². The first-order valence-corrected chi connectivity index (χ1v) is 5.37. The summed E-state index contributed by atoms with van der Waals surface area (Å²) < 4.78 is 26.1. The molecular formula is C14H8F2N2O. The number of nitriles is 1. The minimum absolute atomic E-state index is 0.260. The summed E-state index contributed by atoms with van der Waals surface area (Å²) in [5.74, 6) is -2.39. The lowest BCUT2D eigenvalue weighted by atomic mass is 10.1. The predicted molar refractivity (Wildman–Crippen MR) is 65.5 cm³/mol. The van der Waals surface area contributed by atoms with Crippen molar-refractivity contribution < 1.29 is 13.6 Å². The van der Waals surface area contributed by atoms with Crippen molar-refractivity contribution in [3.8, 4) is 6.07 Å². The van der Waals surface area contributed by atoms with E-state index in [1.54, 1.807) is 18.2 Å². The SMILES string of the molecule is N#Cc1cccc(NC(=O)c2ccc(F)cc2F)c1. The first kappa shape index (κ1) is 12.7. The second kappa shape index (κ2) is 5.27. The number of carbonyl (C=O) groups excluding carboxylic acids is 1. The number of nitrogens with zero attached hydrogens (tertiary/aromatic N) is 1. The molecule has 3 nitrogen and oxygen atoms in total. The standard InChI is InChI=1S/C14H8F2N2O/c15-10-4-5-12(13(16)7-10)14(19)18-11-3-1-2-9(6-11)8-17/h1-7H,(H,18,19). The average Bonchev–Trinajstić information content (AvgIpc) is 2.38.